The van der Waals surface area contributed by atoms with Gasteiger partial charge in [0.1, 0.15) is 5.00 Å². The van der Waals surface area contributed by atoms with E-state index in [-0.39, 0.29) is 17.7 Å². The average Bonchev–Trinajstić information content (AvgIpc) is 3.46. The monoisotopic (exact) mass is 459 g/mol. The molecule has 0 saturated heterocycles. The second-order valence-electron chi connectivity index (χ2n) is 8.22. The number of aromatic nitrogens is 3. The zero-order valence-electron chi connectivity index (χ0n) is 18.6. The highest BCUT2D eigenvalue weighted by Gasteiger charge is 2.29. The van der Waals surface area contributed by atoms with E-state index in [1.54, 1.807) is 29.7 Å². The fourth-order valence-corrected chi connectivity index (χ4v) is 5.67. The first kappa shape index (κ1) is 21.3. The molecule has 33 heavy (non-hydrogen) atoms. The van der Waals surface area contributed by atoms with E-state index in [9.17, 15) is 4.79 Å². The highest BCUT2D eigenvalue weighted by atomic mass is 32.1. The molecule has 0 spiro atoms. The second-order valence-corrected chi connectivity index (χ2v) is 9.33. The van der Waals surface area contributed by atoms with Crippen LogP contribution in [0, 0.1) is 13.8 Å². The van der Waals surface area contributed by atoms with Crippen molar-refractivity contribution in [2.75, 3.05) is 10.6 Å². The van der Waals surface area contributed by atoms with Crippen molar-refractivity contribution in [3.05, 3.63) is 87.7 Å². The number of hydrogen-bond acceptors (Lipinski definition) is 7. The Morgan fingerprint density at radius 3 is 2.67 bits per heavy atom. The molecule has 5 rings (SSSR count). The van der Waals surface area contributed by atoms with Gasteiger partial charge in [-0.1, -0.05) is 6.07 Å². The van der Waals surface area contributed by atoms with Gasteiger partial charge in [-0.2, -0.15) is 0 Å². The molecule has 0 fully saturated rings. The minimum Gasteiger partial charge on any atom is -0.459 e. The number of hydrogen-bond donors (Lipinski definition) is 2. The SMILES string of the molecule is Cc1cc(C)nc(NC(c2cccnc2)c2c(NC(=O)c3ccco3)sc3c2CCCC3)n1. The van der Waals surface area contributed by atoms with Gasteiger partial charge in [-0.3, -0.25) is 9.78 Å². The summed E-state index contributed by atoms with van der Waals surface area (Å²) in [5.41, 5.74) is 5.14. The number of amides is 1. The number of carbonyl (C=O) groups excluding carboxylic acids is 1. The zero-order valence-corrected chi connectivity index (χ0v) is 19.4. The van der Waals surface area contributed by atoms with Gasteiger partial charge in [0.05, 0.1) is 12.3 Å². The molecular formula is C25H25N5O2S. The fraction of sp³-hybridized carbons (Fsp3) is 0.280. The van der Waals surface area contributed by atoms with Gasteiger partial charge in [-0.25, -0.2) is 9.97 Å². The predicted molar refractivity (Wildman–Crippen MR) is 129 cm³/mol. The Balaban J connectivity index is 1.61. The summed E-state index contributed by atoms with van der Waals surface area (Å²) in [6.07, 6.45) is 9.40. The molecule has 1 amide bonds. The Bertz CT molecular complexity index is 1250. The topological polar surface area (TPSA) is 92.9 Å². The molecule has 0 aliphatic heterocycles. The molecule has 7 nitrogen and oxygen atoms in total. The van der Waals surface area contributed by atoms with Crippen LogP contribution < -0.4 is 10.6 Å². The van der Waals surface area contributed by atoms with Crippen LogP contribution in [0.3, 0.4) is 0 Å². The number of nitrogens with one attached hydrogen (secondary N) is 2. The van der Waals surface area contributed by atoms with Crippen LogP contribution in [0.4, 0.5) is 10.9 Å². The van der Waals surface area contributed by atoms with Crippen molar-refractivity contribution in [3.63, 3.8) is 0 Å². The van der Waals surface area contributed by atoms with Gasteiger partial charge in [0.2, 0.25) is 5.95 Å². The van der Waals surface area contributed by atoms with Crippen molar-refractivity contribution in [1.82, 2.24) is 15.0 Å². The van der Waals surface area contributed by atoms with Crippen LogP contribution in [0.5, 0.6) is 0 Å². The smallest absolute Gasteiger partial charge is 0.291 e. The normalized spacial score (nSPS) is 13.9. The lowest BCUT2D eigenvalue weighted by atomic mass is 9.90. The average molecular weight is 460 g/mol. The maximum atomic E-state index is 12.9. The van der Waals surface area contributed by atoms with Crippen LogP contribution in [0.1, 0.15) is 62.4 Å². The number of pyridine rings is 1. The van der Waals surface area contributed by atoms with E-state index in [1.807, 2.05) is 38.2 Å². The third-order valence-corrected chi connectivity index (χ3v) is 6.97. The highest BCUT2D eigenvalue weighted by molar-refractivity contribution is 7.16. The summed E-state index contributed by atoms with van der Waals surface area (Å²) < 4.78 is 5.32. The molecule has 168 valence electrons. The minimum atomic E-state index is -0.259. The third kappa shape index (κ3) is 4.52. The Hall–Kier alpha value is -3.52. The summed E-state index contributed by atoms with van der Waals surface area (Å²) in [6, 6.07) is 9.04. The molecule has 1 aliphatic rings. The molecule has 4 aromatic rings. The maximum Gasteiger partial charge on any atom is 0.291 e. The summed E-state index contributed by atoms with van der Waals surface area (Å²) in [6.45, 7) is 3.92. The summed E-state index contributed by atoms with van der Waals surface area (Å²) in [5, 5.41) is 7.49. The molecular weight excluding hydrogens is 434 g/mol. The van der Waals surface area contributed by atoms with Gasteiger partial charge in [0.25, 0.3) is 5.91 Å². The Kier molecular flexibility index (Phi) is 5.92. The van der Waals surface area contributed by atoms with Gasteiger partial charge in [0, 0.05) is 34.2 Å². The molecule has 1 atom stereocenters. The summed E-state index contributed by atoms with van der Waals surface area (Å²) in [7, 11) is 0. The molecule has 1 unspecified atom stereocenters. The number of aryl methyl sites for hydroxylation is 3. The van der Waals surface area contributed by atoms with Gasteiger partial charge >= 0.3 is 0 Å². The standard InChI is InChI=1S/C25H25N5O2S/c1-15-13-16(2)28-25(27-15)29-22(17-7-5-11-26-14-17)21-18-8-3-4-10-20(18)33-24(21)30-23(31)19-9-6-12-32-19/h5-7,9,11-14,22H,3-4,8,10H2,1-2H3,(H,30,31)(H,27,28,29). The van der Waals surface area contributed by atoms with Gasteiger partial charge in [-0.15, -0.1) is 11.3 Å². The lowest BCUT2D eigenvalue weighted by molar-refractivity contribution is 0.0997. The maximum absolute atomic E-state index is 12.9. The van der Waals surface area contributed by atoms with Gasteiger partial charge in [-0.05, 0) is 74.9 Å². The number of nitrogens with zero attached hydrogens (tertiary/aromatic N) is 3. The molecule has 1 aliphatic carbocycles. The van der Waals surface area contributed by atoms with E-state index in [0.29, 0.717) is 5.95 Å². The molecule has 8 heteroatoms. The number of thiophene rings is 1. The molecule has 4 aromatic heterocycles. The van der Waals surface area contributed by atoms with Crippen LogP contribution >= 0.6 is 11.3 Å². The van der Waals surface area contributed by atoms with Crippen molar-refractivity contribution in [2.45, 2.75) is 45.6 Å². The van der Waals surface area contributed by atoms with E-state index in [0.717, 1.165) is 53.2 Å². The van der Waals surface area contributed by atoms with Crippen molar-refractivity contribution >= 4 is 28.2 Å². The van der Waals surface area contributed by atoms with Crippen LogP contribution in [0.2, 0.25) is 0 Å². The highest BCUT2D eigenvalue weighted by Crippen LogP contribution is 2.44. The Morgan fingerprint density at radius 1 is 1.12 bits per heavy atom. The first-order chi connectivity index (χ1) is 16.1. The van der Waals surface area contributed by atoms with Crippen LogP contribution in [-0.4, -0.2) is 20.9 Å². The second kappa shape index (κ2) is 9.15. The zero-order chi connectivity index (χ0) is 22.8. The van der Waals surface area contributed by atoms with Crippen LogP contribution in [-0.2, 0) is 12.8 Å². The molecule has 0 saturated carbocycles. The third-order valence-electron chi connectivity index (χ3n) is 5.75. The van der Waals surface area contributed by atoms with Crippen molar-refractivity contribution in [3.8, 4) is 0 Å². The number of rotatable bonds is 6. The lowest BCUT2D eigenvalue weighted by Crippen LogP contribution is -2.19. The number of fused-ring (bicyclic) bond motifs is 1. The van der Waals surface area contributed by atoms with E-state index < -0.39 is 0 Å². The van der Waals surface area contributed by atoms with E-state index in [1.165, 1.54) is 16.7 Å². The first-order valence-electron chi connectivity index (χ1n) is 11.1. The molecule has 0 aromatic carbocycles. The predicted octanol–water partition coefficient (Wildman–Crippen LogP) is 5.48. The first-order valence-corrected chi connectivity index (χ1v) is 11.9. The van der Waals surface area contributed by atoms with Crippen molar-refractivity contribution in [1.29, 1.82) is 0 Å². The van der Waals surface area contributed by atoms with Gasteiger partial charge < -0.3 is 15.1 Å². The fourth-order valence-electron chi connectivity index (χ4n) is 4.35. The number of furan rings is 1. The van der Waals surface area contributed by atoms with E-state index >= 15 is 0 Å². The van der Waals surface area contributed by atoms with Crippen LogP contribution in [0.15, 0.2) is 53.4 Å². The summed E-state index contributed by atoms with van der Waals surface area (Å²) in [4.78, 5) is 27.8. The lowest BCUT2D eigenvalue weighted by Gasteiger charge is -2.23. The van der Waals surface area contributed by atoms with E-state index in [4.69, 9.17) is 4.42 Å². The Labute approximate surface area is 196 Å². The molecule has 0 radical (unpaired) electrons. The largest absolute Gasteiger partial charge is 0.459 e. The van der Waals surface area contributed by atoms with Crippen molar-refractivity contribution < 1.29 is 9.21 Å². The minimum absolute atomic E-state index is 0.257. The molecule has 2 N–H and O–H groups in total. The van der Waals surface area contributed by atoms with Crippen LogP contribution in [0.25, 0.3) is 0 Å². The summed E-state index contributed by atoms with van der Waals surface area (Å²) in [5.74, 6) is 0.587. The van der Waals surface area contributed by atoms with Crippen molar-refractivity contribution in [2.24, 2.45) is 0 Å². The number of carbonyl (C=O) groups is 1. The number of anilines is 2. The Morgan fingerprint density at radius 2 is 1.94 bits per heavy atom. The molecule has 4 heterocycles. The van der Waals surface area contributed by atoms with Gasteiger partial charge in [0.15, 0.2) is 5.76 Å². The quantitative estimate of drug-likeness (QED) is 0.397. The molecule has 0 bridgehead atoms. The summed E-state index contributed by atoms with van der Waals surface area (Å²) >= 11 is 1.65. The van der Waals surface area contributed by atoms with E-state index in [2.05, 4.69) is 25.6 Å².